The molecule has 3 unspecified atom stereocenters. The van der Waals surface area contributed by atoms with Gasteiger partial charge in [0, 0.05) is 25.2 Å². The van der Waals surface area contributed by atoms with Crippen molar-refractivity contribution in [3.05, 3.63) is 25.3 Å². The van der Waals surface area contributed by atoms with Gasteiger partial charge in [-0.1, -0.05) is 39.8 Å². The lowest BCUT2D eigenvalue weighted by atomic mass is 9.62. The van der Waals surface area contributed by atoms with E-state index >= 15 is 0 Å². The minimum atomic E-state index is -1.14. The zero-order valence-electron chi connectivity index (χ0n) is 24.4. The number of likely N-dealkylation sites (tertiary alicyclic amines) is 1. The molecule has 3 aliphatic rings. The van der Waals surface area contributed by atoms with E-state index in [1.807, 2.05) is 32.6 Å². The Kier molecular flexibility index (Phi) is 8.60. The van der Waals surface area contributed by atoms with Gasteiger partial charge in [-0.05, 0) is 57.8 Å². The fourth-order valence-electron chi connectivity index (χ4n) is 7.50. The number of fused-ring (bicyclic) bond motifs is 1. The highest BCUT2D eigenvalue weighted by Gasteiger charge is 2.80. The van der Waals surface area contributed by atoms with Gasteiger partial charge in [0.25, 0.3) is 0 Å². The lowest BCUT2D eigenvalue weighted by molar-refractivity contribution is -0.163. The van der Waals surface area contributed by atoms with Crippen LogP contribution in [0.15, 0.2) is 25.3 Å². The molecule has 1 spiro atoms. The van der Waals surface area contributed by atoms with Crippen molar-refractivity contribution in [3.63, 3.8) is 0 Å². The number of amides is 2. The van der Waals surface area contributed by atoms with Crippen LogP contribution in [0.5, 0.6) is 0 Å². The van der Waals surface area contributed by atoms with Crippen molar-refractivity contribution in [2.45, 2.75) is 96.9 Å². The van der Waals surface area contributed by atoms with Crippen molar-refractivity contribution in [2.24, 2.45) is 23.2 Å². The van der Waals surface area contributed by atoms with Crippen LogP contribution >= 0.6 is 0 Å². The third-order valence-electron chi connectivity index (χ3n) is 8.70. The molecule has 3 saturated heterocycles. The Morgan fingerprint density at radius 1 is 1.24 bits per heavy atom. The molecule has 1 N–H and O–H groups in total. The molecule has 2 amide bonds. The van der Waals surface area contributed by atoms with E-state index in [1.54, 1.807) is 17.1 Å². The molecule has 3 rings (SSSR count). The van der Waals surface area contributed by atoms with Crippen molar-refractivity contribution in [1.29, 1.82) is 0 Å². The number of hydrogen-bond donors (Lipinski definition) is 1. The largest absolute Gasteiger partial charge is 0.465 e. The van der Waals surface area contributed by atoms with Gasteiger partial charge < -0.3 is 24.4 Å². The maximum atomic E-state index is 14.6. The second kappa shape index (κ2) is 10.8. The monoisotopic (exact) mass is 532 g/mol. The van der Waals surface area contributed by atoms with Crippen LogP contribution in [0.25, 0.3) is 0 Å². The summed E-state index contributed by atoms with van der Waals surface area (Å²) in [6.07, 6.45) is 5.45. The molecule has 0 aromatic heterocycles. The van der Waals surface area contributed by atoms with E-state index < -0.39 is 40.6 Å². The summed E-state index contributed by atoms with van der Waals surface area (Å²) in [6, 6.07) is -0.902. The molecule has 0 radical (unpaired) electrons. The Morgan fingerprint density at radius 3 is 2.45 bits per heavy atom. The normalized spacial score (nSPS) is 32.3. The first-order valence-electron chi connectivity index (χ1n) is 13.9. The maximum Gasteiger partial charge on any atom is 0.312 e. The van der Waals surface area contributed by atoms with Crippen molar-refractivity contribution >= 4 is 17.8 Å². The number of esters is 1. The van der Waals surface area contributed by atoms with E-state index in [9.17, 15) is 19.5 Å². The quantitative estimate of drug-likeness (QED) is 0.234. The SMILES string of the molecule is C=CCCOC(=O)[C@@H]1[C@H]2C(=O)N(CCCO)C(C(=O)N(CC=C)C(C)(C)CC(C)(C)C)C23CC(C)[C@@]1(C)O3. The number of nitrogens with zero attached hydrogens (tertiary/aromatic N) is 2. The first kappa shape index (κ1) is 30.4. The summed E-state index contributed by atoms with van der Waals surface area (Å²) >= 11 is 0. The van der Waals surface area contributed by atoms with Crippen molar-refractivity contribution in [1.82, 2.24) is 9.80 Å². The minimum Gasteiger partial charge on any atom is -0.465 e. The summed E-state index contributed by atoms with van der Waals surface area (Å²) < 4.78 is 12.3. The average molecular weight is 533 g/mol. The molecule has 2 bridgehead atoms. The van der Waals surface area contributed by atoms with E-state index in [0.717, 1.165) is 6.42 Å². The predicted molar refractivity (Wildman–Crippen MR) is 146 cm³/mol. The Labute approximate surface area is 228 Å². The Bertz CT molecular complexity index is 955. The molecule has 3 aliphatic heterocycles. The van der Waals surface area contributed by atoms with Crippen molar-refractivity contribution in [2.75, 3.05) is 26.3 Å². The molecule has 3 fully saturated rings. The van der Waals surface area contributed by atoms with Crippen molar-refractivity contribution < 1.29 is 29.0 Å². The van der Waals surface area contributed by atoms with E-state index in [0.29, 0.717) is 25.8 Å². The molecular formula is C30H48N2O6. The molecule has 0 aromatic carbocycles. The number of aliphatic hydroxyl groups excluding tert-OH is 1. The lowest BCUT2D eigenvalue weighted by Crippen LogP contribution is -2.61. The van der Waals surface area contributed by atoms with Crippen LogP contribution in [0.3, 0.4) is 0 Å². The Hall–Kier alpha value is -2.19. The third kappa shape index (κ3) is 5.06. The van der Waals surface area contributed by atoms with Crippen molar-refractivity contribution in [3.8, 4) is 0 Å². The summed E-state index contributed by atoms with van der Waals surface area (Å²) in [5.41, 5.74) is -2.63. The first-order chi connectivity index (χ1) is 17.6. The van der Waals surface area contributed by atoms with Crippen LogP contribution in [-0.4, -0.2) is 81.8 Å². The van der Waals surface area contributed by atoms with E-state index in [1.165, 1.54) is 0 Å². The summed E-state index contributed by atoms with van der Waals surface area (Å²) in [4.78, 5) is 45.5. The Balaban J connectivity index is 2.10. The number of ether oxygens (including phenoxy) is 2. The number of carbonyl (C=O) groups is 3. The average Bonchev–Trinajstić information content (AvgIpc) is 3.30. The van der Waals surface area contributed by atoms with Gasteiger partial charge in [0.05, 0.1) is 18.1 Å². The molecule has 8 heteroatoms. The highest BCUT2D eigenvalue weighted by Crippen LogP contribution is 2.65. The molecule has 0 aliphatic carbocycles. The highest BCUT2D eigenvalue weighted by molar-refractivity contribution is 5.98. The van der Waals surface area contributed by atoms with Crippen LogP contribution in [0.4, 0.5) is 0 Å². The summed E-state index contributed by atoms with van der Waals surface area (Å²) in [7, 11) is 0. The molecule has 6 atom stereocenters. The zero-order valence-corrected chi connectivity index (χ0v) is 24.4. The number of aliphatic hydroxyl groups is 1. The molecule has 0 aromatic rings. The molecule has 8 nitrogen and oxygen atoms in total. The van der Waals surface area contributed by atoms with Gasteiger partial charge in [-0.15, -0.1) is 13.2 Å². The molecular weight excluding hydrogens is 484 g/mol. The number of hydrogen-bond acceptors (Lipinski definition) is 6. The smallest absolute Gasteiger partial charge is 0.312 e. The van der Waals surface area contributed by atoms with Gasteiger partial charge in [0.2, 0.25) is 11.8 Å². The van der Waals surface area contributed by atoms with Crippen LogP contribution < -0.4 is 0 Å². The van der Waals surface area contributed by atoms with Crippen LogP contribution in [0.2, 0.25) is 0 Å². The predicted octanol–water partition coefficient (Wildman–Crippen LogP) is 3.73. The minimum absolute atomic E-state index is 0.0450. The summed E-state index contributed by atoms with van der Waals surface area (Å²) in [5.74, 6) is -2.63. The third-order valence-corrected chi connectivity index (χ3v) is 8.70. The molecule has 0 saturated carbocycles. The van der Waals surface area contributed by atoms with E-state index in [2.05, 4.69) is 33.9 Å². The summed E-state index contributed by atoms with van der Waals surface area (Å²) in [6.45, 7) is 22.6. The zero-order chi connectivity index (χ0) is 28.7. The highest BCUT2D eigenvalue weighted by atomic mass is 16.6. The number of carbonyl (C=O) groups excluding carboxylic acids is 3. The fourth-order valence-corrected chi connectivity index (χ4v) is 7.50. The van der Waals surface area contributed by atoms with Crippen LogP contribution in [0.1, 0.15) is 74.1 Å². The second-order valence-electron chi connectivity index (χ2n) is 13.3. The molecule has 38 heavy (non-hydrogen) atoms. The lowest BCUT2D eigenvalue weighted by Gasteiger charge is -2.45. The molecule has 3 heterocycles. The van der Waals surface area contributed by atoms with Gasteiger partial charge in [-0.3, -0.25) is 14.4 Å². The summed E-state index contributed by atoms with van der Waals surface area (Å²) in [5, 5.41) is 9.60. The standard InChI is InChI=1S/C30H48N2O6/c1-10-12-17-37-26(36)22-21-24(34)31(15-13-16-33)23(30(21)18-20(3)29(22,9)38-30)25(35)32(14-11-2)28(7,8)19-27(4,5)6/h10-11,20-23,33H,1-2,12-19H2,3-9H3/t20?,21-,22-,23?,29+,30?/m0/s1. The van der Waals surface area contributed by atoms with Gasteiger partial charge >= 0.3 is 5.97 Å². The van der Waals surface area contributed by atoms with E-state index in [-0.39, 0.29) is 42.9 Å². The van der Waals surface area contributed by atoms with Crippen LogP contribution in [0, 0.1) is 23.2 Å². The van der Waals surface area contributed by atoms with Gasteiger partial charge in [0.15, 0.2) is 0 Å². The van der Waals surface area contributed by atoms with Gasteiger partial charge in [-0.25, -0.2) is 0 Å². The topological polar surface area (TPSA) is 96.4 Å². The fraction of sp³-hybridized carbons (Fsp3) is 0.767. The first-order valence-corrected chi connectivity index (χ1v) is 13.9. The number of rotatable bonds is 12. The Morgan fingerprint density at radius 2 is 1.89 bits per heavy atom. The van der Waals surface area contributed by atoms with Gasteiger partial charge in [0.1, 0.15) is 17.6 Å². The molecule has 214 valence electrons. The second-order valence-corrected chi connectivity index (χ2v) is 13.3. The maximum absolute atomic E-state index is 14.6. The van der Waals surface area contributed by atoms with Gasteiger partial charge in [-0.2, -0.15) is 0 Å². The van der Waals surface area contributed by atoms with Crippen LogP contribution in [-0.2, 0) is 23.9 Å². The van der Waals surface area contributed by atoms with E-state index in [4.69, 9.17) is 9.47 Å².